The van der Waals surface area contributed by atoms with Gasteiger partial charge < -0.3 is 19.9 Å². The fourth-order valence-electron chi connectivity index (χ4n) is 4.73. The quantitative estimate of drug-likeness (QED) is 0.357. The van der Waals surface area contributed by atoms with Crippen LogP contribution >= 0.6 is 0 Å². The second-order valence-electron chi connectivity index (χ2n) is 9.65. The van der Waals surface area contributed by atoms with Gasteiger partial charge in [0.2, 0.25) is 0 Å². The monoisotopic (exact) mass is 523 g/mol. The number of nitrogens with one attached hydrogen (secondary N) is 2. The van der Waals surface area contributed by atoms with Crippen LogP contribution in [0.4, 0.5) is 14.5 Å². The molecule has 3 aromatic heterocycles. The van der Waals surface area contributed by atoms with Gasteiger partial charge in [0, 0.05) is 37.9 Å². The number of aromatic nitrogens is 5. The normalized spacial score (nSPS) is 14.9. The molecule has 9 nitrogen and oxygen atoms in total. The number of anilines is 1. The van der Waals surface area contributed by atoms with E-state index < -0.39 is 12.2 Å². The lowest BCUT2D eigenvalue weighted by molar-refractivity contribution is -0.0493. The van der Waals surface area contributed by atoms with Crippen LogP contribution < -0.4 is 15.6 Å². The maximum Gasteiger partial charge on any atom is 0.387 e. The van der Waals surface area contributed by atoms with Gasteiger partial charge in [-0.15, -0.1) is 0 Å². The number of fused-ring (bicyclic) bond motifs is 1. The van der Waals surface area contributed by atoms with Crippen LogP contribution in [0.3, 0.4) is 0 Å². The Kier molecular flexibility index (Phi) is 7.37. The van der Waals surface area contributed by atoms with Crippen molar-refractivity contribution in [3.8, 4) is 11.6 Å². The van der Waals surface area contributed by atoms with Crippen molar-refractivity contribution in [2.24, 2.45) is 0 Å². The molecule has 0 saturated carbocycles. The van der Waals surface area contributed by atoms with E-state index >= 15 is 0 Å². The van der Waals surface area contributed by atoms with E-state index in [0.717, 1.165) is 49.3 Å². The third-order valence-corrected chi connectivity index (χ3v) is 7.03. The molecule has 1 saturated heterocycles. The van der Waals surface area contributed by atoms with Crippen LogP contribution in [0.5, 0.6) is 5.75 Å². The molecule has 200 valence electrons. The molecule has 5 rings (SSSR count). The van der Waals surface area contributed by atoms with Gasteiger partial charge in [0.05, 0.1) is 22.3 Å². The van der Waals surface area contributed by atoms with Gasteiger partial charge >= 0.3 is 6.61 Å². The minimum atomic E-state index is -3.01. The van der Waals surface area contributed by atoms with Gasteiger partial charge in [-0.2, -0.15) is 13.9 Å². The molecule has 1 fully saturated rings. The highest BCUT2D eigenvalue weighted by molar-refractivity contribution is 5.85. The third kappa shape index (κ3) is 5.67. The lowest BCUT2D eigenvalue weighted by Crippen LogP contribution is -2.38. The molecule has 4 heterocycles. The highest BCUT2D eigenvalue weighted by Crippen LogP contribution is 2.32. The summed E-state index contributed by atoms with van der Waals surface area (Å²) in [6, 6.07) is 6.85. The van der Waals surface area contributed by atoms with Crippen molar-refractivity contribution in [3.63, 3.8) is 0 Å². The summed E-state index contributed by atoms with van der Waals surface area (Å²) in [5.41, 5.74) is 3.28. The molecule has 0 atom stereocenters. The average Bonchev–Trinajstić information content (AvgIpc) is 3.23. The topological polar surface area (TPSA) is 101 Å². The van der Waals surface area contributed by atoms with E-state index in [1.165, 1.54) is 6.07 Å². The number of H-pyrrole nitrogens is 1. The predicted molar refractivity (Wildman–Crippen MR) is 141 cm³/mol. The Morgan fingerprint density at radius 1 is 1.21 bits per heavy atom. The number of aryl methyl sites for hydroxylation is 2. The van der Waals surface area contributed by atoms with Crippen LogP contribution in [0.25, 0.3) is 16.7 Å². The van der Waals surface area contributed by atoms with Crippen molar-refractivity contribution < 1.29 is 13.5 Å². The van der Waals surface area contributed by atoms with E-state index in [-0.39, 0.29) is 17.2 Å². The molecular formula is C27H31F2N7O2. The molecule has 11 heteroatoms. The molecule has 0 unspecified atom stereocenters. The molecule has 0 spiro atoms. The molecule has 1 aromatic carbocycles. The summed E-state index contributed by atoms with van der Waals surface area (Å²) < 4.78 is 32.8. The molecule has 0 amide bonds. The fourth-order valence-corrected chi connectivity index (χ4v) is 4.73. The van der Waals surface area contributed by atoms with Crippen LogP contribution in [0, 0.1) is 13.8 Å². The van der Waals surface area contributed by atoms with E-state index in [1.807, 2.05) is 32.2 Å². The SMILES string of the molecule is CCN1CCC(Nc2cc3nc(Cc4ccc(-n5cc(C)c(C)n5)nc4)[nH]c(=O)c3cc2OC(F)F)CC1. The Morgan fingerprint density at radius 3 is 2.63 bits per heavy atom. The third-order valence-electron chi connectivity index (χ3n) is 7.03. The van der Waals surface area contributed by atoms with Crippen LogP contribution in [-0.4, -0.2) is 61.9 Å². The van der Waals surface area contributed by atoms with E-state index in [9.17, 15) is 13.6 Å². The number of pyridine rings is 1. The number of nitrogens with zero attached hydrogens (tertiary/aromatic N) is 5. The summed E-state index contributed by atoms with van der Waals surface area (Å²) in [4.78, 5) is 27.1. The van der Waals surface area contributed by atoms with Crippen molar-refractivity contribution in [3.05, 3.63) is 69.7 Å². The predicted octanol–water partition coefficient (Wildman–Crippen LogP) is 4.21. The van der Waals surface area contributed by atoms with Crippen molar-refractivity contribution >= 4 is 16.6 Å². The first-order valence-electron chi connectivity index (χ1n) is 12.8. The van der Waals surface area contributed by atoms with Crippen LogP contribution in [0.2, 0.25) is 0 Å². The summed E-state index contributed by atoms with van der Waals surface area (Å²) in [6.07, 6.45) is 5.76. The maximum atomic E-state index is 13.2. The van der Waals surface area contributed by atoms with Gasteiger partial charge in [-0.3, -0.25) is 4.79 Å². The lowest BCUT2D eigenvalue weighted by Gasteiger charge is -2.32. The average molecular weight is 524 g/mol. The van der Waals surface area contributed by atoms with Gasteiger partial charge in [0.25, 0.3) is 5.56 Å². The Labute approximate surface area is 218 Å². The van der Waals surface area contributed by atoms with Crippen LogP contribution in [0.15, 0.2) is 41.5 Å². The van der Waals surface area contributed by atoms with E-state index in [4.69, 9.17) is 4.74 Å². The standard InChI is InChI=1S/C27H31F2N7O2/c1-4-35-9-7-19(8-10-35)31-22-13-21-20(12-23(22)38-27(28)29)26(37)33-24(32-21)11-18-5-6-25(30-14-18)36-15-16(2)17(3)34-36/h5-6,12-15,19,27,31H,4,7-11H2,1-3H3,(H,32,33,37). The maximum absolute atomic E-state index is 13.2. The molecule has 0 radical (unpaired) electrons. The van der Waals surface area contributed by atoms with Gasteiger partial charge in [-0.1, -0.05) is 13.0 Å². The van der Waals surface area contributed by atoms with Crippen LogP contribution in [0.1, 0.15) is 42.4 Å². The van der Waals surface area contributed by atoms with Gasteiger partial charge in [0.15, 0.2) is 5.82 Å². The van der Waals surface area contributed by atoms with E-state index in [2.05, 4.69) is 37.2 Å². The number of ether oxygens (including phenoxy) is 1. The van der Waals surface area contributed by atoms with Crippen molar-refractivity contribution in [2.75, 3.05) is 25.0 Å². The Morgan fingerprint density at radius 2 is 2.00 bits per heavy atom. The highest BCUT2D eigenvalue weighted by Gasteiger charge is 2.21. The minimum Gasteiger partial charge on any atom is -0.433 e. The number of likely N-dealkylation sites (tertiary alicyclic amines) is 1. The smallest absolute Gasteiger partial charge is 0.387 e. The number of alkyl halides is 2. The highest BCUT2D eigenvalue weighted by atomic mass is 19.3. The van der Waals surface area contributed by atoms with Crippen molar-refractivity contribution in [1.82, 2.24) is 29.6 Å². The summed E-state index contributed by atoms with van der Waals surface area (Å²) in [5.74, 6) is 1.08. The number of rotatable bonds is 8. The number of hydrogen-bond acceptors (Lipinski definition) is 7. The largest absolute Gasteiger partial charge is 0.433 e. The lowest BCUT2D eigenvalue weighted by atomic mass is 10.0. The molecule has 4 aromatic rings. The minimum absolute atomic E-state index is 0.0608. The number of hydrogen-bond donors (Lipinski definition) is 2. The van der Waals surface area contributed by atoms with Crippen molar-refractivity contribution in [2.45, 2.75) is 52.7 Å². The van der Waals surface area contributed by atoms with Gasteiger partial charge in [-0.05, 0) is 62.6 Å². The summed E-state index contributed by atoms with van der Waals surface area (Å²) in [5, 5.41) is 7.99. The molecule has 1 aliphatic heterocycles. The number of aromatic amines is 1. The first kappa shape index (κ1) is 25.8. The zero-order chi connectivity index (χ0) is 26.8. The van der Waals surface area contributed by atoms with Gasteiger partial charge in [-0.25, -0.2) is 14.6 Å². The number of halogens is 2. The Hall–Kier alpha value is -3.86. The second kappa shape index (κ2) is 10.9. The first-order valence-corrected chi connectivity index (χ1v) is 12.8. The van der Waals surface area contributed by atoms with E-state index in [1.54, 1.807) is 16.9 Å². The van der Waals surface area contributed by atoms with Gasteiger partial charge in [0.1, 0.15) is 11.6 Å². The molecular weight excluding hydrogens is 492 g/mol. The Balaban J connectivity index is 1.40. The molecule has 1 aliphatic rings. The Bertz CT molecular complexity index is 1460. The summed E-state index contributed by atoms with van der Waals surface area (Å²) in [7, 11) is 0. The molecule has 38 heavy (non-hydrogen) atoms. The molecule has 2 N–H and O–H groups in total. The fraction of sp³-hybridized carbons (Fsp3) is 0.407. The molecule has 0 bridgehead atoms. The number of benzene rings is 1. The second-order valence-corrected chi connectivity index (χ2v) is 9.65. The zero-order valence-electron chi connectivity index (χ0n) is 21.7. The zero-order valence-corrected chi connectivity index (χ0v) is 21.7. The molecule has 0 aliphatic carbocycles. The van der Waals surface area contributed by atoms with Crippen molar-refractivity contribution in [1.29, 1.82) is 0 Å². The summed E-state index contributed by atoms with van der Waals surface area (Å²) >= 11 is 0. The first-order chi connectivity index (χ1) is 18.3. The number of piperidine rings is 1. The van der Waals surface area contributed by atoms with Crippen LogP contribution in [-0.2, 0) is 6.42 Å². The summed E-state index contributed by atoms with van der Waals surface area (Å²) in [6.45, 7) is 5.90. The van der Waals surface area contributed by atoms with E-state index in [0.29, 0.717) is 29.3 Å².